The molecule has 0 spiro atoms. The van der Waals surface area contributed by atoms with Gasteiger partial charge in [-0.1, -0.05) is 38.1 Å². The molecule has 3 nitrogen and oxygen atoms in total. The monoisotopic (exact) mass is 234 g/mol. The lowest BCUT2D eigenvalue weighted by molar-refractivity contribution is -0.226. The minimum atomic E-state index is -0.302. The number of rotatable bonds is 2. The first-order valence-electron chi connectivity index (χ1n) is 5.82. The zero-order valence-electron chi connectivity index (χ0n) is 10.5. The van der Waals surface area contributed by atoms with E-state index >= 15 is 0 Å². The third-order valence-corrected chi connectivity index (χ3v) is 2.84. The Bertz CT molecular complexity index is 396. The van der Waals surface area contributed by atoms with Crippen molar-refractivity contribution >= 4 is 5.78 Å². The Morgan fingerprint density at radius 1 is 1.18 bits per heavy atom. The molecule has 0 N–H and O–H groups in total. The van der Waals surface area contributed by atoms with E-state index in [0.717, 1.165) is 5.56 Å². The van der Waals surface area contributed by atoms with Gasteiger partial charge in [-0.15, -0.1) is 0 Å². The molecule has 0 aromatic heterocycles. The topological polar surface area (TPSA) is 35.5 Å². The second-order valence-corrected chi connectivity index (χ2v) is 5.30. The third kappa shape index (κ3) is 2.93. The summed E-state index contributed by atoms with van der Waals surface area (Å²) in [5.74, 6) is 0.0724. The summed E-state index contributed by atoms with van der Waals surface area (Å²) in [7, 11) is 0. The highest BCUT2D eigenvalue weighted by molar-refractivity contribution is 5.93. The molecular weight excluding hydrogens is 216 g/mol. The van der Waals surface area contributed by atoms with Gasteiger partial charge in [0.1, 0.15) is 0 Å². The average Bonchev–Trinajstić information content (AvgIpc) is 2.29. The summed E-state index contributed by atoms with van der Waals surface area (Å²) < 4.78 is 11.3. The molecular formula is C14H18O3. The summed E-state index contributed by atoms with van der Waals surface area (Å²) in [6, 6.07) is 7.40. The first-order valence-corrected chi connectivity index (χ1v) is 5.82. The van der Waals surface area contributed by atoms with Crippen LogP contribution >= 0.6 is 0 Å². The summed E-state index contributed by atoms with van der Waals surface area (Å²) >= 11 is 0. The Hall–Kier alpha value is -1.19. The first kappa shape index (κ1) is 12.3. The van der Waals surface area contributed by atoms with Crippen LogP contribution < -0.4 is 0 Å². The maximum atomic E-state index is 11.2. The van der Waals surface area contributed by atoms with Crippen LogP contribution in [0.3, 0.4) is 0 Å². The van der Waals surface area contributed by atoms with Gasteiger partial charge in [0.25, 0.3) is 0 Å². The number of ether oxygens (including phenoxy) is 2. The highest BCUT2D eigenvalue weighted by Crippen LogP contribution is 2.30. The van der Waals surface area contributed by atoms with Gasteiger partial charge in [0.2, 0.25) is 0 Å². The molecule has 1 saturated heterocycles. The molecule has 1 aromatic carbocycles. The second-order valence-electron chi connectivity index (χ2n) is 5.30. The molecule has 0 aliphatic carbocycles. The molecule has 1 aromatic rings. The predicted octanol–water partition coefficient (Wildman–Crippen LogP) is 2.96. The number of hydrogen-bond donors (Lipinski definition) is 0. The van der Waals surface area contributed by atoms with E-state index in [1.54, 1.807) is 6.92 Å². The maximum Gasteiger partial charge on any atom is 0.183 e. The van der Waals surface area contributed by atoms with Crippen LogP contribution in [0, 0.1) is 5.41 Å². The second kappa shape index (κ2) is 4.59. The SMILES string of the molecule is CC(=O)c1ccc(C2OCC(C)(C)CO2)cc1. The molecule has 0 amide bonds. The number of benzene rings is 1. The molecule has 1 aliphatic rings. The molecule has 0 radical (unpaired) electrons. The lowest BCUT2D eigenvalue weighted by Crippen LogP contribution is -2.33. The summed E-state index contributed by atoms with van der Waals surface area (Å²) in [4.78, 5) is 11.2. The summed E-state index contributed by atoms with van der Waals surface area (Å²) in [5.41, 5.74) is 1.76. The van der Waals surface area contributed by atoms with Crippen molar-refractivity contribution in [2.24, 2.45) is 5.41 Å². The van der Waals surface area contributed by atoms with Crippen LogP contribution in [0.4, 0.5) is 0 Å². The lowest BCUT2D eigenvalue weighted by atomic mass is 9.95. The van der Waals surface area contributed by atoms with Crippen LogP contribution in [-0.4, -0.2) is 19.0 Å². The van der Waals surface area contributed by atoms with Crippen LogP contribution in [0.1, 0.15) is 43.0 Å². The van der Waals surface area contributed by atoms with Gasteiger partial charge in [-0.25, -0.2) is 0 Å². The van der Waals surface area contributed by atoms with E-state index in [9.17, 15) is 4.79 Å². The van der Waals surface area contributed by atoms with Crippen molar-refractivity contribution < 1.29 is 14.3 Å². The highest BCUT2D eigenvalue weighted by atomic mass is 16.7. The molecule has 2 rings (SSSR count). The molecule has 3 heteroatoms. The van der Waals surface area contributed by atoms with Gasteiger partial charge in [-0.2, -0.15) is 0 Å². The molecule has 1 fully saturated rings. The van der Waals surface area contributed by atoms with Gasteiger partial charge < -0.3 is 9.47 Å². The van der Waals surface area contributed by atoms with Crippen molar-refractivity contribution in [2.75, 3.05) is 13.2 Å². The normalized spacial score (nSPS) is 20.2. The van der Waals surface area contributed by atoms with Crippen LogP contribution in [0.2, 0.25) is 0 Å². The van der Waals surface area contributed by atoms with E-state index < -0.39 is 0 Å². The van der Waals surface area contributed by atoms with Gasteiger partial charge in [0.15, 0.2) is 12.1 Å². The standard InChI is InChI=1S/C14H18O3/c1-10(15)11-4-6-12(7-5-11)13-16-8-14(2,3)9-17-13/h4-7,13H,8-9H2,1-3H3. The Morgan fingerprint density at radius 3 is 2.18 bits per heavy atom. The maximum absolute atomic E-state index is 11.2. The fourth-order valence-electron chi connectivity index (χ4n) is 1.76. The van der Waals surface area contributed by atoms with E-state index in [2.05, 4.69) is 13.8 Å². The molecule has 17 heavy (non-hydrogen) atoms. The van der Waals surface area contributed by atoms with Crippen molar-refractivity contribution in [3.05, 3.63) is 35.4 Å². The van der Waals surface area contributed by atoms with Crippen LogP contribution in [0.5, 0.6) is 0 Å². The van der Waals surface area contributed by atoms with Gasteiger partial charge in [-0.3, -0.25) is 4.79 Å². The van der Waals surface area contributed by atoms with Gasteiger partial charge in [0, 0.05) is 16.5 Å². The number of hydrogen-bond acceptors (Lipinski definition) is 3. The Morgan fingerprint density at radius 2 is 1.71 bits per heavy atom. The molecule has 0 bridgehead atoms. The summed E-state index contributed by atoms with van der Waals surface area (Å²) in [5, 5.41) is 0. The fourth-order valence-corrected chi connectivity index (χ4v) is 1.76. The Labute approximate surface area is 102 Å². The zero-order valence-corrected chi connectivity index (χ0v) is 10.5. The minimum Gasteiger partial charge on any atom is -0.348 e. The van der Waals surface area contributed by atoms with Crippen LogP contribution in [0.15, 0.2) is 24.3 Å². The van der Waals surface area contributed by atoms with Crippen LogP contribution in [-0.2, 0) is 9.47 Å². The summed E-state index contributed by atoms with van der Waals surface area (Å²) in [6.45, 7) is 7.16. The highest BCUT2D eigenvalue weighted by Gasteiger charge is 2.29. The van der Waals surface area contributed by atoms with Gasteiger partial charge in [0.05, 0.1) is 13.2 Å². The van der Waals surface area contributed by atoms with E-state index in [1.165, 1.54) is 0 Å². The quantitative estimate of drug-likeness (QED) is 0.738. The minimum absolute atomic E-state index is 0.0724. The lowest BCUT2D eigenvalue weighted by Gasteiger charge is -2.34. The molecule has 0 saturated carbocycles. The summed E-state index contributed by atoms with van der Waals surface area (Å²) in [6.07, 6.45) is -0.302. The van der Waals surface area contributed by atoms with Gasteiger partial charge in [-0.05, 0) is 6.92 Å². The van der Waals surface area contributed by atoms with E-state index in [-0.39, 0.29) is 17.5 Å². The zero-order chi connectivity index (χ0) is 12.5. The third-order valence-electron chi connectivity index (χ3n) is 2.84. The van der Waals surface area contributed by atoms with Crippen molar-refractivity contribution in [2.45, 2.75) is 27.1 Å². The molecule has 0 atom stereocenters. The van der Waals surface area contributed by atoms with E-state index in [1.807, 2.05) is 24.3 Å². The number of Topliss-reactive ketones (excluding diaryl/α,β-unsaturated/α-hetero) is 1. The molecule has 92 valence electrons. The van der Waals surface area contributed by atoms with E-state index in [4.69, 9.17) is 9.47 Å². The number of ketones is 1. The smallest absolute Gasteiger partial charge is 0.183 e. The van der Waals surface area contributed by atoms with E-state index in [0.29, 0.717) is 18.8 Å². The van der Waals surface area contributed by atoms with Crippen molar-refractivity contribution in [1.29, 1.82) is 0 Å². The average molecular weight is 234 g/mol. The Balaban J connectivity index is 2.06. The van der Waals surface area contributed by atoms with Gasteiger partial charge >= 0.3 is 0 Å². The predicted molar refractivity (Wildman–Crippen MR) is 64.9 cm³/mol. The van der Waals surface area contributed by atoms with Crippen molar-refractivity contribution in [1.82, 2.24) is 0 Å². The number of carbonyl (C=O) groups excluding carboxylic acids is 1. The van der Waals surface area contributed by atoms with Crippen molar-refractivity contribution in [3.63, 3.8) is 0 Å². The van der Waals surface area contributed by atoms with Crippen LogP contribution in [0.25, 0.3) is 0 Å². The number of carbonyl (C=O) groups is 1. The van der Waals surface area contributed by atoms with Crippen molar-refractivity contribution in [3.8, 4) is 0 Å². The molecule has 0 unspecified atom stereocenters. The Kier molecular flexibility index (Phi) is 3.31. The fraction of sp³-hybridized carbons (Fsp3) is 0.500. The largest absolute Gasteiger partial charge is 0.348 e. The molecule has 1 heterocycles. The first-order chi connectivity index (χ1) is 7.98. The molecule has 1 aliphatic heterocycles.